The van der Waals surface area contributed by atoms with Gasteiger partial charge in [0.2, 0.25) is 0 Å². The summed E-state index contributed by atoms with van der Waals surface area (Å²) in [5.41, 5.74) is 1.46. The number of carbonyl (C=O) groups is 1. The van der Waals surface area contributed by atoms with Crippen LogP contribution in [-0.2, 0) is 7.05 Å². The smallest absolute Gasteiger partial charge is 0.156 e. The van der Waals surface area contributed by atoms with Gasteiger partial charge in [0.25, 0.3) is 0 Å². The lowest BCUT2D eigenvalue weighted by atomic mass is 10.3. The molecule has 0 aliphatic carbocycles. The number of aryl methyl sites for hydroxylation is 1. The molecule has 0 radical (unpaired) electrons. The van der Waals surface area contributed by atoms with E-state index in [0.29, 0.717) is 5.52 Å². The van der Waals surface area contributed by atoms with E-state index in [1.807, 2.05) is 18.2 Å². The molecule has 0 aliphatic heterocycles. The first kappa shape index (κ1) is 7.79. The predicted molar refractivity (Wildman–Crippen MR) is 45.0 cm³/mol. The summed E-state index contributed by atoms with van der Waals surface area (Å²) in [5, 5.41) is 10.6. The van der Waals surface area contributed by atoms with Crippen molar-refractivity contribution in [1.82, 2.24) is 9.55 Å². The first-order valence-corrected chi connectivity index (χ1v) is 3.83. The zero-order valence-electron chi connectivity index (χ0n) is 7.02. The summed E-state index contributed by atoms with van der Waals surface area (Å²) in [6.45, 7) is 0. The maximum Gasteiger partial charge on any atom is 0.156 e. The summed E-state index contributed by atoms with van der Waals surface area (Å²) in [6, 6.07) is 7.23. The van der Waals surface area contributed by atoms with Gasteiger partial charge in [-0.25, -0.2) is 4.98 Å². The Morgan fingerprint density at radius 1 is 1.46 bits per heavy atom. The van der Waals surface area contributed by atoms with E-state index in [2.05, 4.69) is 4.98 Å². The number of hydrogen-bond donors (Lipinski definition) is 0. The second-order valence-corrected chi connectivity index (χ2v) is 2.77. The molecule has 2 aromatic rings. The van der Waals surface area contributed by atoms with Crippen LogP contribution in [-0.4, -0.2) is 15.5 Å². The number of benzene rings is 1. The van der Waals surface area contributed by atoms with Gasteiger partial charge in [-0.1, -0.05) is 12.1 Å². The summed E-state index contributed by atoms with van der Waals surface area (Å²) in [7, 11) is 1.65. The van der Waals surface area contributed by atoms with Crippen LogP contribution in [0.2, 0.25) is 0 Å². The fourth-order valence-electron chi connectivity index (χ4n) is 1.33. The van der Waals surface area contributed by atoms with E-state index in [1.54, 1.807) is 13.1 Å². The molecule has 13 heavy (non-hydrogen) atoms. The fourth-order valence-corrected chi connectivity index (χ4v) is 1.33. The van der Waals surface area contributed by atoms with E-state index in [-0.39, 0.29) is 5.82 Å². The number of aromatic carboxylic acids is 1. The van der Waals surface area contributed by atoms with E-state index in [1.165, 1.54) is 4.57 Å². The Morgan fingerprint density at radius 3 is 2.77 bits per heavy atom. The Kier molecular flexibility index (Phi) is 1.55. The van der Waals surface area contributed by atoms with Gasteiger partial charge < -0.3 is 14.5 Å². The number of rotatable bonds is 1. The third-order valence-corrected chi connectivity index (χ3v) is 1.97. The lowest BCUT2D eigenvalue weighted by molar-refractivity contribution is -0.256. The lowest BCUT2D eigenvalue weighted by Crippen LogP contribution is -2.25. The molecule has 1 aromatic carbocycles. The van der Waals surface area contributed by atoms with Gasteiger partial charge in [0.1, 0.15) is 5.97 Å². The summed E-state index contributed by atoms with van der Waals surface area (Å²) in [5.74, 6) is -1.29. The van der Waals surface area contributed by atoms with Gasteiger partial charge in [-0.2, -0.15) is 0 Å². The molecule has 0 aliphatic rings. The van der Waals surface area contributed by atoms with Crippen LogP contribution >= 0.6 is 0 Å². The van der Waals surface area contributed by atoms with Gasteiger partial charge in [0.15, 0.2) is 5.82 Å². The fraction of sp³-hybridized carbons (Fsp3) is 0.111. The molecule has 4 nitrogen and oxygen atoms in total. The van der Waals surface area contributed by atoms with E-state index in [4.69, 9.17) is 0 Å². The number of nitrogens with zero attached hydrogens (tertiary/aromatic N) is 2. The number of para-hydroxylation sites is 2. The quantitative estimate of drug-likeness (QED) is 0.610. The Labute approximate surface area is 74.4 Å². The average molecular weight is 175 g/mol. The van der Waals surface area contributed by atoms with Crippen LogP contribution in [0.3, 0.4) is 0 Å². The van der Waals surface area contributed by atoms with Gasteiger partial charge in [-0.05, 0) is 12.1 Å². The first-order valence-electron chi connectivity index (χ1n) is 3.83. The van der Waals surface area contributed by atoms with Gasteiger partial charge in [0, 0.05) is 7.05 Å². The molecule has 0 spiro atoms. The van der Waals surface area contributed by atoms with Gasteiger partial charge >= 0.3 is 0 Å². The second-order valence-electron chi connectivity index (χ2n) is 2.77. The largest absolute Gasteiger partial charge is 0.542 e. The predicted octanol–water partition coefficient (Wildman–Crippen LogP) is -0.0632. The molecule has 0 amide bonds. The highest BCUT2D eigenvalue weighted by atomic mass is 16.4. The molecule has 0 bridgehead atoms. The van der Waals surface area contributed by atoms with Crippen LogP contribution in [0.25, 0.3) is 11.0 Å². The molecule has 0 N–H and O–H groups in total. The number of fused-ring (bicyclic) bond motifs is 1. The molecule has 66 valence electrons. The normalized spacial score (nSPS) is 10.5. The van der Waals surface area contributed by atoms with Crippen molar-refractivity contribution in [3.05, 3.63) is 30.1 Å². The Morgan fingerprint density at radius 2 is 2.15 bits per heavy atom. The van der Waals surface area contributed by atoms with Crippen molar-refractivity contribution in [1.29, 1.82) is 0 Å². The van der Waals surface area contributed by atoms with E-state index in [9.17, 15) is 9.90 Å². The molecular formula is C9H7N2O2-. The highest BCUT2D eigenvalue weighted by Gasteiger charge is 2.06. The summed E-state index contributed by atoms with van der Waals surface area (Å²) in [4.78, 5) is 14.5. The monoisotopic (exact) mass is 175 g/mol. The van der Waals surface area contributed by atoms with Gasteiger partial charge in [-0.15, -0.1) is 0 Å². The summed E-state index contributed by atoms with van der Waals surface area (Å²) < 4.78 is 1.50. The average Bonchev–Trinajstić information content (AvgIpc) is 2.45. The molecule has 1 heterocycles. The third-order valence-electron chi connectivity index (χ3n) is 1.97. The van der Waals surface area contributed by atoms with Crippen molar-refractivity contribution in [3.63, 3.8) is 0 Å². The molecule has 0 saturated heterocycles. The zero-order valence-corrected chi connectivity index (χ0v) is 7.02. The number of hydrogen-bond acceptors (Lipinski definition) is 3. The van der Waals surface area contributed by atoms with Crippen molar-refractivity contribution in [3.8, 4) is 0 Å². The standard InChI is InChI=1S/C9H8N2O2/c1-11-7-5-3-2-4-6(7)10-8(11)9(12)13/h2-5H,1H3,(H,12,13)/p-1. The van der Waals surface area contributed by atoms with Crippen molar-refractivity contribution >= 4 is 17.0 Å². The van der Waals surface area contributed by atoms with Crippen molar-refractivity contribution in [2.24, 2.45) is 7.05 Å². The second kappa shape index (κ2) is 2.58. The van der Waals surface area contributed by atoms with Crippen LogP contribution in [0, 0.1) is 0 Å². The Hall–Kier alpha value is -1.84. The molecule has 0 saturated carbocycles. The van der Waals surface area contributed by atoms with E-state index < -0.39 is 5.97 Å². The minimum Gasteiger partial charge on any atom is -0.542 e. The van der Waals surface area contributed by atoms with Crippen LogP contribution in [0.15, 0.2) is 24.3 Å². The molecule has 0 unspecified atom stereocenters. The molecule has 0 fully saturated rings. The highest BCUT2D eigenvalue weighted by Crippen LogP contribution is 2.13. The van der Waals surface area contributed by atoms with Gasteiger partial charge in [-0.3, -0.25) is 0 Å². The highest BCUT2D eigenvalue weighted by molar-refractivity contribution is 5.88. The number of carboxylic acids is 1. The van der Waals surface area contributed by atoms with Crippen molar-refractivity contribution < 1.29 is 9.90 Å². The Balaban J connectivity index is 2.81. The first-order chi connectivity index (χ1) is 6.20. The lowest BCUT2D eigenvalue weighted by Gasteiger charge is -2.00. The molecule has 0 atom stereocenters. The minimum atomic E-state index is -1.25. The number of imidazole rings is 1. The van der Waals surface area contributed by atoms with E-state index >= 15 is 0 Å². The maximum atomic E-state index is 10.6. The molecule has 1 aromatic heterocycles. The summed E-state index contributed by atoms with van der Waals surface area (Å²) in [6.07, 6.45) is 0. The van der Waals surface area contributed by atoms with Gasteiger partial charge in [0.05, 0.1) is 11.0 Å². The van der Waals surface area contributed by atoms with Crippen LogP contribution in [0.5, 0.6) is 0 Å². The topological polar surface area (TPSA) is 58.0 Å². The van der Waals surface area contributed by atoms with Crippen LogP contribution < -0.4 is 5.11 Å². The minimum absolute atomic E-state index is 0.0406. The zero-order chi connectivity index (χ0) is 9.42. The maximum absolute atomic E-state index is 10.6. The van der Waals surface area contributed by atoms with Crippen LogP contribution in [0.4, 0.5) is 0 Å². The summed E-state index contributed by atoms with van der Waals surface area (Å²) >= 11 is 0. The third kappa shape index (κ3) is 1.07. The molecule has 4 heteroatoms. The number of carbonyl (C=O) groups excluding carboxylic acids is 1. The number of carboxylic acid groups (broad SMARTS) is 1. The van der Waals surface area contributed by atoms with Crippen LogP contribution in [0.1, 0.15) is 10.6 Å². The molecule has 2 rings (SSSR count). The SMILES string of the molecule is Cn1c(C(=O)[O-])nc2ccccc21. The molecular weight excluding hydrogens is 168 g/mol. The van der Waals surface area contributed by atoms with Crippen molar-refractivity contribution in [2.75, 3.05) is 0 Å². The Bertz CT molecular complexity index is 473. The van der Waals surface area contributed by atoms with E-state index in [0.717, 1.165) is 5.52 Å². The van der Waals surface area contributed by atoms with Crippen molar-refractivity contribution in [2.45, 2.75) is 0 Å². The number of aromatic nitrogens is 2.